The molecule has 2 aromatic rings. The van der Waals surface area contributed by atoms with Gasteiger partial charge in [-0.05, 0) is 154 Å². The minimum atomic E-state index is -0.898. The molecule has 0 bridgehead atoms. The van der Waals surface area contributed by atoms with Crippen LogP contribution in [0.4, 0.5) is 4.79 Å². The zero-order valence-corrected chi connectivity index (χ0v) is 30.3. The van der Waals surface area contributed by atoms with Gasteiger partial charge in [0.2, 0.25) is 0 Å². The summed E-state index contributed by atoms with van der Waals surface area (Å²) in [6.45, 7) is 9.34. The van der Waals surface area contributed by atoms with Crippen molar-refractivity contribution in [2.45, 2.75) is 65.2 Å². The SMILES string of the molecule is CCOC(=O)C(Cc1cc(I)c(Oc2cc(I)c(OCC(O)CC)c(I)c2)c(I)c1)NC(=O)OC(C)(C)C. The van der Waals surface area contributed by atoms with Crippen LogP contribution in [0.2, 0.25) is 0 Å². The van der Waals surface area contributed by atoms with Gasteiger partial charge in [-0.15, -0.1) is 0 Å². The second-order valence-corrected chi connectivity index (χ2v) is 13.9. The highest BCUT2D eigenvalue weighted by atomic mass is 127. The number of ether oxygens (including phenoxy) is 4. The third kappa shape index (κ3) is 10.9. The molecule has 0 saturated carbocycles. The maximum Gasteiger partial charge on any atom is 0.408 e. The maximum absolute atomic E-state index is 12.6. The van der Waals surface area contributed by atoms with Crippen molar-refractivity contribution in [2.75, 3.05) is 13.2 Å². The van der Waals surface area contributed by atoms with Gasteiger partial charge in [0.15, 0.2) is 5.75 Å². The Labute approximate surface area is 278 Å². The Morgan fingerprint density at radius 2 is 1.50 bits per heavy atom. The molecule has 0 spiro atoms. The van der Waals surface area contributed by atoms with Crippen molar-refractivity contribution in [2.24, 2.45) is 0 Å². The molecule has 2 rings (SSSR count). The molecule has 0 aromatic heterocycles. The lowest BCUT2D eigenvalue weighted by atomic mass is 10.1. The second kappa shape index (κ2) is 15.6. The van der Waals surface area contributed by atoms with E-state index in [0.29, 0.717) is 23.7 Å². The molecule has 210 valence electrons. The molecule has 2 aromatic carbocycles. The molecule has 0 aliphatic carbocycles. The highest BCUT2D eigenvalue weighted by molar-refractivity contribution is 14.1. The number of alkyl carbamates (subject to hydrolysis) is 1. The van der Waals surface area contributed by atoms with Crippen LogP contribution in [0.25, 0.3) is 0 Å². The van der Waals surface area contributed by atoms with E-state index in [0.717, 1.165) is 19.8 Å². The van der Waals surface area contributed by atoms with Gasteiger partial charge in [-0.1, -0.05) is 6.92 Å². The van der Waals surface area contributed by atoms with E-state index in [2.05, 4.69) is 95.7 Å². The highest BCUT2D eigenvalue weighted by Gasteiger charge is 2.26. The predicted octanol–water partition coefficient (Wildman–Crippen LogP) is 7.05. The molecular formula is C26H31I4NO7. The zero-order valence-electron chi connectivity index (χ0n) is 21.7. The molecule has 2 unspecified atom stereocenters. The van der Waals surface area contributed by atoms with Crippen LogP contribution in [-0.4, -0.2) is 48.1 Å². The summed E-state index contributed by atoms with van der Waals surface area (Å²) in [7, 11) is 0. The van der Waals surface area contributed by atoms with Gasteiger partial charge in [0.25, 0.3) is 0 Å². The number of benzene rings is 2. The Balaban J connectivity index is 2.23. The van der Waals surface area contributed by atoms with E-state index in [4.69, 9.17) is 18.9 Å². The minimum absolute atomic E-state index is 0.202. The van der Waals surface area contributed by atoms with Crippen LogP contribution >= 0.6 is 90.4 Å². The summed E-state index contributed by atoms with van der Waals surface area (Å²) in [5, 5.41) is 12.5. The standard InChI is InChI=1S/C26H31I4NO7/c1-6-15(32)13-36-22-19(29)11-16(12-20(22)30)37-23-17(27)8-14(9-18(23)28)10-21(24(33)35-7-2)31-25(34)38-26(3,4)5/h8-9,11-12,15,21,32H,6-7,10,13H2,1-5H3,(H,31,34). The molecule has 0 radical (unpaired) electrons. The van der Waals surface area contributed by atoms with Crippen LogP contribution < -0.4 is 14.8 Å². The van der Waals surface area contributed by atoms with Gasteiger partial charge in [-0.2, -0.15) is 0 Å². The highest BCUT2D eigenvalue weighted by Crippen LogP contribution is 2.37. The molecule has 0 aliphatic rings. The fourth-order valence-corrected chi connectivity index (χ4v) is 7.24. The average molecular weight is 977 g/mol. The molecule has 0 heterocycles. The Hall–Kier alpha value is -0.340. The monoisotopic (exact) mass is 977 g/mol. The number of hydrogen-bond acceptors (Lipinski definition) is 7. The van der Waals surface area contributed by atoms with Crippen LogP contribution in [0.3, 0.4) is 0 Å². The Bertz CT molecular complexity index is 1090. The second-order valence-electron chi connectivity index (χ2n) is 9.23. The fourth-order valence-electron chi connectivity index (χ4n) is 3.10. The average Bonchev–Trinajstić information content (AvgIpc) is 2.79. The minimum Gasteiger partial charge on any atom is -0.489 e. The number of esters is 1. The summed E-state index contributed by atoms with van der Waals surface area (Å²) in [5.41, 5.74) is 0.145. The van der Waals surface area contributed by atoms with E-state index in [9.17, 15) is 14.7 Å². The summed E-state index contributed by atoms with van der Waals surface area (Å²) < 4.78 is 26.0. The molecule has 38 heavy (non-hydrogen) atoms. The molecular weight excluding hydrogens is 946 g/mol. The lowest BCUT2D eigenvalue weighted by molar-refractivity contribution is -0.145. The van der Waals surface area contributed by atoms with Crippen LogP contribution in [0, 0.1) is 14.3 Å². The van der Waals surface area contributed by atoms with E-state index in [-0.39, 0.29) is 19.6 Å². The van der Waals surface area contributed by atoms with E-state index in [1.807, 2.05) is 31.2 Å². The van der Waals surface area contributed by atoms with Crippen molar-refractivity contribution in [1.29, 1.82) is 0 Å². The number of carbonyl (C=O) groups is 2. The van der Waals surface area contributed by atoms with Crippen LogP contribution in [-0.2, 0) is 20.7 Å². The third-order valence-corrected chi connectivity index (χ3v) is 8.05. The van der Waals surface area contributed by atoms with Crippen LogP contribution in [0.15, 0.2) is 24.3 Å². The molecule has 8 nitrogen and oxygen atoms in total. The molecule has 2 N–H and O–H groups in total. The number of nitrogens with one attached hydrogen (secondary N) is 1. The number of carbonyl (C=O) groups excluding carboxylic acids is 2. The molecule has 0 fully saturated rings. The summed E-state index contributed by atoms with van der Waals surface area (Å²) in [6.07, 6.45) is -0.336. The van der Waals surface area contributed by atoms with E-state index < -0.39 is 29.8 Å². The van der Waals surface area contributed by atoms with E-state index in [1.54, 1.807) is 27.7 Å². The van der Waals surface area contributed by atoms with Crippen molar-refractivity contribution >= 4 is 102 Å². The lowest BCUT2D eigenvalue weighted by Crippen LogP contribution is -2.45. The molecule has 2 atom stereocenters. The normalized spacial score (nSPS) is 12.9. The first-order valence-corrected chi connectivity index (χ1v) is 16.2. The van der Waals surface area contributed by atoms with Gasteiger partial charge >= 0.3 is 12.1 Å². The van der Waals surface area contributed by atoms with Gasteiger partial charge in [-0.25, -0.2) is 9.59 Å². The first-order valence-electron chi connectivity index (χ1n) is 11.9. The molecule has 0 saturated heterocycles. The maximum atomic E-state index is 12.6. The predicted molar refractivity (Wildman–Crippen MR) is 179 cm³/mol. The topological polar surface area (TPSA) is 103 Å². The van der Waals surface area contributed by atoms with Gasteiger partial charge in [0.05, 0.1) is 27.0 Å². The van der Waals surface area contributed by atoms with Gasteiger partial charge in [-0.3, -0.25) is 0 Å². The summed E-state index contributed by atoms with van der Waals surface area (Å²) in [5.74, 6) is 1.53. The number of hydrogen-bond donors (Lipinski definition) is 2. The van der Waals surface area contributed by atoms with Gasteiger partial charge in [0.1, 0.15) is 29.7 Å². The summed E-state index contributed by atoms with van der Waals surface area (Å²) in [6, 6.07) is 6.71. The fraction of sp³-hybridized carbons (Fsp3) is 0.462. The third-order valence-electron chi connectivity index (χ3n) is 4.84. The van der Waals surface area contributed by atoms with Crippen molar-refractivity contribution in [3.63, 3.8) is 0 Å². The first kappa shape index (κ1) is 33.9. The quantitative estimate of drug-likeness (QED) is 0.184. The van der Waals surface area contributed by atoms with Crippen molar-refractivity contribution < 1.29 is 33.6 Å². The largest absolute Gasteiger partial charge is 0.489 e. The summed E-state index contributed by atoms with van der Waals surface area (Å²) >= 11 is 8.78. The first-order chi connectivity index (χ1) is 17.7. The Kier molecular flexibility index (Phi) is 13.9. The van der Waals surface area contributed by atoms with E-state index in [1.165, 1.54) is 0 Å². The lowest BCUT2D eigenvalue weighted by Gasteiger charge is -2.23. The zero-order chi connectivity index (χ0) is 28.6. The molecule has 12 heteroatoms. The number of aliphatic hydroxyl groups excluding tert-OH is 1. The van der Waals surface area contributed by atoms with Crippen molar-refractivity contribution in [3.05, 3.63) is 44.1 Å². The number of aliphatic hydroxyl groups is 1. The molecule has 1 amide bonds. The van der Waals surface area contributed by atoms with Gasteiger partial charge < -0.3 is 29.4 Å². The molecule has 0 aliphatic heterocycles. The van der Waals surface area contributed by atoms with Crippen LogP contribution in [0.5, 0.6) is 17.2 Å². The van der Waals surface area contributed by atoms with E-state index >= 15 is 0 Å². The van der Waals surface area contributed by atoms with Crippen molar-refractivity contribution in [3.8, 4) is 17.2 Å². The Morgan fingerprint density at radius 3 is 2.00 bits per heavy atom. The van der Waals surface area contributed by atoms with Gasteiger partial charge in [0, 0.05) is 6.42 Å². The number of halogens is 4. The van der Waals surface area contributed by atoms with Crippen molar-refractivity contribution in [1.82, 2.24) is 5.32 Å². The van der Waals surface area contributed by atoms with Crippen LogP contribution in [0.1, 0.15) is 46.6 Å². The number of amides is 1. The number of rotatable bonds is 11. The summed E-state index contributed by atoms with van der Waals surface area (Å²) in [4.78, 5) is 24.9. The Morgan fingerprint density at radius 1 is 0.947 bits per heavy atom. The smallest absolute Gasteiger partial charge is 0.408 e.